The van der Waals surface area contributed by atoms with Gasteiger partial charge in [-0.3, -0.25) is 9.78 Å². The number of benzene rings is 1. The summed E-state index contributed by atoms with van der Waals surface area (Å²) in [5, 5.41) is 4.21. The molecule has 8 nitrogen and oxygen atoms in total. The molecule has 1 atom stereocenters. The van der Waals surface area contributed by atoms with Crippen LogP contribution in [0.15, 0.2) is 35.5 Å². The van der Waals surface area contributed by atoms with Crippen molar-refractivity contribution in [2.75, 3.05) is 40.0 Å². The molecule has 0 spiro atoms. The van der Waals surface area contributed by atoms with E-state index in [1.165, 1.54) is 10.5 Å². The summed E-state index contributed by atoms with van der Waals surface area (Å²) >= 11 is 6.22. The molecule has 28 heavy (non-hydrogen) atoms. The summed E-state index contributed by atoms with van der Waals surface area (Å²) < 4.78 is 37.7. The van der Waals surface area contributed by atoms with Gasteiger partial charge in [0, 0.05) is 49.4 Å². The van der Waals surface area contributed by atoms with Gasteiger partial charge in [-0.2, -0.15) is 4.31 Å². The van der Waals surface area contributed by atoms with Crippen molar-refractivity contribution >= 4 is 38.3 Å². The molecule has 0 bridgehead atoms. The van der Waals surface area contributed by atoms with Crippen LogP contribution in [0, 0.1) is 0 Å². The second kappa shape index (κ2) is 9.15. The number of nitrogens with one attached hydrogen (secondary N) is 1. The molecule has 1 aromatic carbocycles. The fourth-order valence-corrected chi connectivity index (χ4v) is 5.21. The summed E-state index contributed by atoms with van der Waals surface area (Å²) in [5.41, 5.74) is 0. The van der Waals surface area contributed by atoms with Crippen molar-refractivity contribution < 1.29 is 22.7 Å². The van der Waals surface area contributed by atoms with Gasteiger partial charge in [-0.05, 0) is 12.5 Å². The van der Waals surface area contributed by atoms with Gasteiger partial charge in [-0.25, -0.2) is 8.42 Å². The number of carbonyl (C=O) groups is 1. The fourth-order valence-electron chi connectivity index (χ4n) is 3.15. The van der Waals surface area contributed by atoms with Crippen LogP contribution in [0.25, 0.3) is 10.8 Å². The lowest BCUT2D eigenvalue weighted by atomic mass is 10.2. The van der Waals surface area contributed by atoms with Crippen LogP contribution in [0.5, 0.6) is 0 Å². The third-order valence-electron chi connectivity index (χ3n) is 4.50. The zero-order chi connectivity index (χ0) is 20.1. The maximum absolute atomic E-state index is 13.2. The number of hydrogen-bond donors (Lipinski definition) is 1. The van der Waals surface area contributed by atoms with Gasteiger partial charge in [-0.1, -0.05) is 23.7 Å². The molecule has 1 saturated heterocycles. The van der Waals surface area contributed by atoms with E-state index in [1.807, 2.05) is 0 Å². The number of carbonyl (C=O) groups excluding carboxylic acids is 1. The maximum atomic E-state index is 13.2. The topological polar surface area (TPSA) is 97.8 Å². The molecule has 1 aromatic heterocycles. The lowest BCUT2D eigenvalue weighted by Crippen LogP contribution is -2.40. The van der Waals surface area contributed by atoms with E-state index in [9.17, 15) is 13.2 Å². The first-order valence-electron chi connectivity index (χ1n) is 8.82. The van der Waals surface area contributed by atoms with Gasteiger partial charge >= 0.3 is 0 Å². The van der Waals surface area contributed by atoms with E-state index in [4.69, 9.17) is 21.1 Å². The Kier molecular flexibility index (Phi) is 6.84. The SMILES string of the molecule is COCCOCC(=O)NC1CCN(S(=O)(=O)c2cccc3cncc(Cl)c23)C1. The average molecular weight is 428 g/mol. The van der Waals surface area contributed by atoms with Gasteiger partial charge in [0.25, 0.3) is 0 Å². The lowest BCUT2D eigenvalue weighted by molar-refractivity contribution is -0.126. The Morgan fingerprint density at radius 3 is 2.96 bits per heavy atom. The Bertz CT molecular complexity index is 948. The molecule has 1 unspecified atom stereocenters. The van der Waals surface area contributed by atoms with Gasteiger partial charge in [0.1, 0.15) is 6.61 Å². The van der Waals surface area contributed by atoms with Gasteiger partial charge in [0.15, 0.2) is 0 Å². The van der Waals surface area contributed by atoms with Crippen molar-refractivity contribution in [1.82, 2.24) is 14.6 Å². The third-order valence-corrected chi connectivity index (χ3v) is 6.69. The van der Waals surface area contributed by atoms with Crippen LogP contribution < -0.4 is 5.32 Å². The van der Waals surface area contributed by atoms with E-state index in [2.05, 4.69) is 10.3 Å². The first-order chi connectivity index (χ1) is 13.4. The molecule has 2 aromatic rings. The molecule has 1 fully saturated rings. The van der Waals surface area contributed by atoms with Crippen molar-refractivity contribution in [2.24, 2.45) is 0 Å². The highest BCUT2D eigenvalue weighted by Crippen LogP contribution is 2.32. The molecule has 152 valence electrons. The Labute approximate surface area is 168 Å². The summed E-state index contributed by atoms with van der Waals surface area (Å²) in [6.45, 7) is 1.16. The molecule has 0 saturated carbocycles. The number of aromatic nitrogens is 1. The number of methoxy groups -OCH3 is 1. The lowest BCUT2D eigenvalue weighted by Gasteiger charge is -2.18. The Hall–Kier alpha value is -1.78. The minimum Gasteiger partial charge on any atom is -0.382 e. The molecule has 1 aliphatic rings. The number of pyridine rings is 1. The van der Waals surface area contributed by atoms with E-state index >= 15 is 0 Å². The van der Waals surface area contributed by atoms with Crippen molar-refractivity contribution in [3.05, 3.63) is 35.6 Å². The summed E-state index contributed by atoms with van der Waals surface area (Å²) in [5.74, 6) is -0.278. The maximum Gasteiger partial charge on any atom is 0.246 e. The van der Waals surface area contributed by atoms with Crippen LogP contribution >= 0.6 is 11.6 Å². The second-order valence-corrected chi connectivity index (χ2v) is 8.75. The fraction of sp³-hybridized carbons (Fsp3) is 0.444. The van der Waals surface area contributed by atoms with Crippen molar-refractivity contribution in [2.45, 2.75) is 17.4 Å². The zero-order valence-corrected chi connectivity index (χ0v) is 17.0. The van der Waals surface area contributed by atoms with Crippen LogP contribution in [0.4, 0.5) is 0 Å². The summed E-state index contributed by atoms with van der Waals surface area (Å²) in [7, 11) is -2.21. The Balaban J connectivity index is 1.69. The minimum atomic E-state index is -3.76. The van der Waals surface area contributed by atoms with E-state index in [0.29, 0.717) is 37.0 Å². The molecule has 1 aliphatic heterocycles. The number of halogens is 1. The van der Waals surface area contributed by atoms with Gasteiger partial charge in [0.05, 0.1) is 23.1 Å². The smallest absolute Gasteiger partial charge is 0.246 e. The van der Waals surface area contributed by atoms with E-state index in [-0.39, 0.29) is 35.0 Å². The van der Waals surface area contributed by atoms with E-state index < -0.39 is 10.0 Å². The number of nitrogens with zero attached hydrogens (tertiary/aromatic N) is 2. The van der Waals surface area contributed by atoms with Crippen LogP contribution in [0.3, 0.4) is 0 Å². The number of hydrogen-bond acceptors (Lipinski definition) is 6. The van der Waals surface area contributed by atoms with Crippen LogP contribution in [0.1, 0.15) is 6.42 Å². The summed E-state index contributed by atoms with van der Waals surface area (Å²) in [6, 6.07) is 4.71. The molecule has 3 rings (SSSR count). The van der Waals surface area contributed by atoms with Crippen LogP contribution in [-0.2, 0) is 24.3 Å². The predicted octanol–water partition coefficient (Wildman–Crippen LogP) is 1.43. The molecular weight excluding hydrogens is 406 g/mol. The van der Waals surface area contributed by atoms with E-state index in [1.54, 1.807) is 31.5 Å². The minimum absolute atomic E-state index is 0.0848. The highest BCUT2D eigenvalue weighted by atomic mass is 35.5. The normalized spacial score (nSPS) is 17.9. The number of amides is 1. The first kappa shape index (κ1) is 20.9. The van der Waals surface area contributed by atoms with Crippen LogP contribution in [-0.4, -0.2) is 69.7 Å². The molecule has 10 heteroatoms. The van der Waals surface area contributed by atoms with Gasteiger partial charge in [-0.15, -0.1) is 0 Å². The third kappa shape index (κ3) is 4.61. The van der Waals surface area contributed by atoms with E-state index in [0.717, 1.165) is 0 Å². The number of fused-ring (bicyclic) bond motifs is 1. The van der Waals surface area contributed by atoms with Gasteiger partial charge in [0.2, 0.25) is 15.9 Å². The zero-order valence-electron chi connectivity index (χ0n) is 15.4. The highest BCUT2D eigenvalue weighted by Gasteiger charge is 2.34. The molecule has 0 radical (unpaired) electrons. The number of sulfonamides is 1. The van der Waals surface area contributed by atoms with Crippen molar-refractivity contribution in [3.8, 4) is 0 Å². The molecule has 0 aliphatic carbocycles. The standard InChI is InChI=1S/C18H22ClN3O5S/c1-26-7-8-27-12-17(23)21-14-5-6-22(11-14)28(24,25)16-4-2-3-13-9-20-10-15(19)18(13)16/h2-4,9-10,14H,5-8,11-12H2,1H3,(H,21,23). The largest absolute Gasteiger partial charge is 0.382 e. The first-order valence-corrected chi connectivity index (χ1v) is 10.6. The number of ether oxygens (including phenoxy) is 2. The summed E-state index contributed by atoms with van der Waals surface area (Å²) in [4.78, 5) is 16.1. The second-order valence-electron chi connectivity index (χ2n) is 6.44. The molecule has 2 heterocycles. The van der Waals surface area contributed by atoms with Crippen molar-refractivity contribution in [3.63, 3.8) is 0 Å². The monoisotopic (exact) mass is 427 g/mol. The van der Waals surface area contributed by atoms with Crippen LogP contribution in [0.2, 0.25) is 5.02 Å². The number of rotatable bonds is 8. The van der Waals surface area contributed by atoms with Crippen molar-refractivity contribution in [1.29, 1.82) is 0 Å². The molecule has 1 N–H and O–H groups in total. The molecular formula is C18H22ClN3O5S. The molecule has 1 amide bonds. The summed E-state index contributed by atoms with van der Waals surface area (Å²) in [6.07, 6.45) is 3.54. The van der Waals surface area contributed by atoms with Gasteiger partial charge < -0.3 is 14.8 Å². The quantitative estimate of drug-likeness (QED) is 0.640. The Morgan fingerprint density at radius 2 is 2.18 bits per heavy atom. The predicted molar refractivity (Wildman–Crippen MR) is 105 cm³/mol. The highest BCUT2D eigenvalue weighted by molar-refractivity contribution is 7.89. The Morgan fingerprint density at radius 1 is 1.36 bits per heavy atom. The average Bonchev–Trinajstić information content (AvgIpc) is 3.14.